The summed E-state index contributed by atoms with van der Waals surface area (Å²) in [7, 11) is 0. The molecule has 0 heterocycles. The van der Waals surface area contributed by atoms with Crippen molar-refractivity contribution in [3.05, 3.63) is 60.7 Å². The Labute approximate surface area is 116 Å². The lowest BCUT2D eigenvalue weighted by atomic mass is 10.0. The first kappa shape index (κ1) is 14.5. The van der Waals surface area contributed by atoms with Crippen LogP contribution in [0.4, 0.5) is 5.69 Å². The Bertz CT molecular complexity index is 489. The van der Waals surface area contributed by atoms with Gasteiger partial charge in [0.05, 0.1) is 5.33 Å². The summed E-state index contributed by atoms with van der Waals surface area (Å²) in [6.07, 6.45) is 7.56. The minimum absolute atomic E-state index is 0.0643. The third kappa shape index (κ3) is 4.00. The van der Waals surface area contributed by atoms with E-state index in [2.05, 4.69) is 27.8 Å². The molecule has 0 unspecified atom stereocenters. The second-order valence-electron chi connectivity index (χ2n) is 3.57. The zero-order valence-electron chi connectivity index (χ0n) is 10.3. The highest BCUT2D eigenvalue weighted by atomic mass is 79.9. The molecule has 0 aliphatic rings. The van der Waals surface area contributed by atoms with Crippen LogP contribution < -0.4 is 5.32 Å². The van der Waals surface area contributed by atoms with Gasteiger partial charge in [-0.05, 0) is 18.6 Å². The third-order valence-corrected chi connectivity index (χ3v) is 2.87. The van der Waals surface area contributed by atoms with Gasteiger partial charge in [0.1, 0.15) is 0 Å². The average Bonchev–Trinajstić information content (AvgIpc) is 2.41. The first-order chi connectivity index (χ1) is 8.72. The van der Waals surface area contributed by atoms with Crippen LogP contribution in [0.15, 0.2) is 55.1 Å². The van der Waals surface area contributed by atoms with Gasteiger partial charge < -0.3 is 5.32 Å². The van der Waals surface area contributed by atoms with Crippen LogP contribution in [0.1, 0.15) is 12.5 Å². The Morgan fingerprint density at radius 1 is 1.44 bits per heavy atom. The minimum Gasteiger partial charge on any atom is -0.325 e. The largest absolute Gasteiger partial charge is 0.325 e. The number of anilines is 1. The number of rotatable bonds is 5. The summed E-state index contributed by atoms with van der Waals surface area (Å²) in [5.41, 5.74) is 2.84. The SMILES string of the molecule is C=C/C=C\C(=C/C)c1ccccc1NC(=O)CBr. The van der Waals surface area contributed by atoms with E-state index in [0.717, 1.165) is 16.8 Å². The Hall–Kier alpha value is -1.61. The fraction of sp³-hybridized carbons (Fsp3) is 0.133. The van der Waals surface area contributed by atoms with Crippen LogP contribution in [0.25, 0.3) is 5.57 Å². The molecule has 2 nitrogen and oxygen atoms in total. The van der Waals surface area contributed by atoms with Crippen molar-refractivity contribution in [3.8, 4) is 0 Å². The first-order valence-electron chi connectivity index (χ1n) is 5.63. The molecule has 1 amide bonds. The van der Waals surface area contributed by atoms with Gasteiger partial charge in [-0.2, -0.15) is 0 Å². The zero-order chi connectivity index (χ0) is 13.4. The molecule has 0 aliphatic heterocycles. The van der Waals surface area contributed by atoms with Crippen molar-refractivity contribution in [1.82, 2.24) is 0 Å². The molecule has 0 atom stereocenters. The molecule has 1 N–H and O–H groups in total. The van der Waals surface area contributed by atoms with Crippen LogP contribution in [0.5, 0.6) is 0 Å². The number of hydrogen-bond acceptors (Lipinski definition) is 1. The molecule has 0 fully saturated rings. The van der Waals surface area contributed by atoms with E-state index < -0.39 is 0 Å². The van der Waals surface area contributed by atoms with Crippen LogP contribution >= 0.6 is 15.9 Å². The van der Waals surface area contributed by atoms with Gasteiger partial charge in [0.15, 0.2) is 0 Å². The molecule has 0 aliphatic carbocycles. The van der Waals surface area contributed by atoms with Gasteiger partial charge in [-0.25, -0.2) is 0 Å². The fourth-order valence-corrected chi connectivity index (χ4v) is 1.68. The van der Waals surface area contributed by atoms with Gasteiger partial charge in [0.2, 0.25) is 5.91 Å². The summed E-state index contributed by atoms with van der Waals surface area (Å²) in [6.45, 7) is 5.62. The first-order valence-corrected chi connectivity index (χ1v) is 6.75. The van der Waals surface area contributed by atoms with Crippen LogP contribution in [0, 0.1) is 0 Å². The lowest BCUT2D eigenvalue weighted by Crippen LogP contribution is -2.13. The Balaban J connectivity index is 3.11. The van der Waals surface area contributed by atoms with E-state index in [-0.39, 0.29) is 11.2 Å². The van der Waals surface area contributed by atoms with Crippen molar-refractivity contribution in [3.63, 3.8) is 0 Å². The lowest BCUT2D eigenvalue weighted by Gasteiger charge is -2.10. The second kappa shape index (κ2) is 7.67. The third-order valence-electron chi connectivity index (χ3n) is 2.36. The van der Waals surface area contributed by atoms with Crippen molar-refractivity contribution in [2.24, 2.45) is 0 Å². The molecule has 0 aromatic heterocycles. The van der Waals surface area contributed by atoms with Gasteiger partial charge >= 0.3 is 0 Å². The van der Waals surface area contributed by atoms with Crippen molar-refractivity contribution in [2.45, 2.75) is 6.92 Å². The molecule has 0 saturated heterocycles. The van der Waals surface area contributed by atoms with E-state index in [1.807, 2.05) is 49.4 Å². The highest BCUT2D eigenvalue weighted by molar-refractivity contribution is 9.09. The molecule has 3 heteroatoms. The topological polar surface area (TPSA) is 29.1 Å². The van der Waals surface area contributed by atoms with Gasteiger partial charge in [0.25, 0.3) is 0 Å². The molecule has 18 heavy (non-hydrogen) atoms. The number of carbonyl (C=O) groups is 1. The molecular formula is C15H16BrNO. The lowest BCUT2D eigenvalue weighted by molar-refractivity contribution is -0.113. The molecule has 1 aromatic rings. The normalized spacial score (nSPS) is 11.6. The van der Waals surface area contributed by atoms with Crippen molar-refractivity contribution in [2.75, 3.05) is 10.6 Å². The van der Waals surface area contributed by atoms with Gasteiger partial charge in [0, 0.05) is 11.3 Å². The van der Waals surface area contributed by atoms with Crippen LogP contribution in [-0.4, -0.2) is 11.2 Å². The standard InChI is InChI=1S/C15H16BrNO/c1-3-5-8-12(4-2)13-9-6-7-10-14(13)17-15(18)11-16/h3-10H,1,11H2,2H3,(H,17,18)/b8-5-,12-4+. The maximum absolute atomic E-state index is 11.4. The summed E-state index contributed by atoms with van der Waals surface area (Å²) >= 11 is 3.14. The van der Waals surface area contributed by atoms with Crippen molar-refractivity contribution < 1.29 is 4.79 Å². The van der Waals surface area contributed by atoms with E-state index in [0.29, 0.717) is 0 Å². The molecule has 0 spiro atoms. The van der Waals surface area contributed by atoms with Crippen LogP contribution in [-0.2, 0) is 4.79 Å². The number of alkyl halides is 1. The molecule has 1 aromatic carbocycles. The molecule has 0 saturated carbocycles. The van der Waals surface area contributed by atoms with E-state index in [9.17, 15) is 4.79 Å². The fourth-order valence-electron chi connectivity index (χ4n) is 1.54. The van der Waals surface area contributed by atoms with Gasteiger partial charge in [-0.15, -0.1) is 0 Å². The van der Waals surface area contributed by atoms with E-state index in [1.54, 1.807) is 6.08 Å². The van der Waals surface area contributed by atoms with Gasteiger partial charge in [-0.1, -0.05) is 65.0 Å². The average molecular weight is 306 g/mol. The maximum Gasteiger partial charge on any atom is 0.235 e. The van der Waals surface area contributed by atoms with Crippen molar-refractivity contribution in [1.29, 1.82) is 0 Å². The summed E-state index contributed by atoms with van der Waals surface area (Å²) in [6, 6.07) is 7.72. The Kier molecular flexibility index (Phi) is 6.15. The molecular weight excluding hydrogens is 290 g/mol. The predicted octanol–water partition coefficient (Wildman–Crippen LogP) is 4.17. The summed E-state index contributed by atoms with van der Waals surface area (Å²) in [4.78, 5) is 11.4. The quantitative estimate of drug-likeness (QED) is 0.642. The Morgan fingerprint density at radius 2 is 2.17 bits per heavy atom. The number of amides is 1. The molecule has 0 radical (unpaired) electrons. The zero-order valence-corrected chi connectivity index (χ0v) is 11.9. The highest BCUT2D eigenvalue weighted by Crippen LogP contribution is 2.24. The number of hydrogen-bond donors (Lipinski definition) is 1. The monoisotopic (exact) mass is 305 g/mol. The predicted molar refractivity (Wildman–Crippen MR) is 81.9 cm³/mol. The maximum atomic E-state index is 11.4. The smallest absolute Gasteiger partial charge is 0.235 e. The van der Waals surface area contributed by atoms with E-state index >= 15 is 0 Å². The van der Waals surface area contributed by atoms with E-state index in [1.165, 1.54) is 0 Å². The number of allylic oxidation sites excluding steroid dienone is 5. The van der Waals surface area contributed by atoms with Crippen molar-refractivity contribution >= 4 is 33.1 Å². The highest BCUT2D eigenvalue weighted by Gasteiger charge is 2.06. The minimum atomic E-state index is -0.0643. The summed E-state index contributed by atoms with van der Waals surface area (Å²) in [5.74, 6) is -0.0643. The molecule has 0 bridgehead atoms. The van der Waals surface area contributed by atoms with Gasteiger partial charge in [-0.3, -0.25) is 4.79 Å². The molecule has 94 valence electrons. The summed E-state index contributed by atoms with van der Waals surface area (Å²) in [5, 5.41) is 3.15. The van der Waals surface area contributed by atoms with Crippen LogP contribution in [0.2, 0.25) is 0 Å². The number of para-hydroxylation sites is 1. The number of benzene rings is 1. The molecule has 1 rings (SSSR count). The summed E-state index contributed by atoms with van der Waals surface area (Å²) < 4.78 is 0. The second-order valence-corrected chi connectivity index (χ2v) is 4.13. The Morgan fingerprint density at radius 3 is 2.78 bits per heavy atom. The number of carbonyl (C=O) groups excluding carboxylic acids is 1. The van der Waals surface area contributed by atoms with Crippen LogP contribution in [0.3, 0.4) is 0 Å². The number of nitrogens with one attached hydrogen (secondary N) is 1. The van der Waals surface area contributed by atoms with E-state index in [4.69, 9.17) is 0 Å². The number of halogens is 1.